The maximum atomic E-state index is 12.4. The summed E-state index contributed by atoms with van der Waals surface area (Å²) in [5, 5.41) is 18.6. The molecular formula is C20H28N2O3. The standard InChI is InChI=1S/C20H28N2O3/c23-15-18(24)14-21-11-8-20(9-12-21)13-19(25)22(16-20)10-4-7-17-5-2-1-3-6-17/h1-7,18,23-24H,8-16H2/b7-4+/t18-/m0/s1. The molecule has 0 aliphatic carbocycles. The summed E-state index contributed by atoms with van der Waals surface area (Å²) in [7, 11) is 0. The van der Waals surface area contributed by atoms with E-state index < -0.39 is 6.10 Å². The lowest BCUT2D eigenvalue weighted by Gasteiger charge is -2.39. The number of nitrogens with zero attached hydrogens (tertiary/aromatic N) is 2. The summed E-state index contributed by atoms with van der Waals surface area (Å²) in [6.07, 6.45) is 6.07. The predicted octanol–water partition coefficient (Wildman–Crippen LogP) is 1.37. The van der Waals surface area contributed by atoms with Crippen LogP contribution < -0.4 is 0 Å². The first-order valence-corrected chi connectivity index (χ1v) is 9.11. The van der Waals surface area contributed by atoms with Gasteiger partial charge < -0.3 is 20.0 Å². The Morgan fingerprint density at radius 1 is 1.20 bits per heavy atom. The Morgan fingerprint density at radius 2 is 1.92 bits per heavy atom. The quantitative estimate of drug-likeness (QED) is 0.818. The summed E-state index contributed by atoms with van der Waals surface area (Å²) in [6, 6.07) is 10.1. The molecule has 2 aliphatic heterocycles. The van der Waals surface area contributed by atoms with Gasteiger partial charge in [-0.1, -0.05) is 42.5 Å². The Kier molecular flexibility index (Phi) is 5.89. The van der Waals surface area contributed by atoms with Gasteiger partial charge in [0.1, 0.15) is 0 Å². The molecule has 2 heterocycles. The van der Waals surface area contributed by atoms with Crippen LogP contribution in [0.1, 0.15) is 24.8 Å². The maximum Gasteiger partial charge on any atom is 0.223 e. The Morgan fingerprint density at radius 3 is 2.60 bits per heavy atom. The lowest BCUT2D eigenvalue weighted by atomic mass is 9.77. The summed E-state index contributed by atoms with van der Waals surface area (Å²) in [5.41, 5.74) is 1.25. The monoisotopic (exact) mass is 344 g/mol. The van der Waals surface area contributed by atoms with Crippen molar-refractivity contribution in [2.45, 2.75) is 25.4 Å². The van der Waals surface area contributed by atoms with Crippen LogP contribution in [0.15, 0.2) is 36.4 Å². The van der Waals surface area contributed by atoms with Crippen molar-refractivity contribution in [3.63, 3.8) is 0 Å². The highest BCUT2D eigenvalue weighted by atomic mass is 16.3. The molecule has 1 aromatic rings. The highest BCUT2D eigenvalue weighted by Crippen LogP contribution is 2.40. The highest BCUT2D eigenvalue weighted by Gasteiger charge is 2.44. The van der Waals surface area contributed by atoms with E-state index in [9.17, 15) is 9.90 Å². The van der Waals surface area contributed by atoms with E-state index in [0.717, 1.165) is 38.0 Å². The number of amides is 1. The average Bonchev–Trinajstić information content (AvgIpc) is 2.93. The molecule has 1 aromatic carbocycles. The number of carbonyl (C=O) groups is 1. The zero-order valence-corrected chi connectivity index (χ0v) is 14.7. The van der Waals surface area contributed by atoms with Gasteiger partial charge in [0.05, 0.1) is 12.7 Å². The summed E-state index contributed by atoms with van der Waals surface area (Å²) in [5.74, 6) is 0.251. The van der Waals surface area contributed by atoms with E-state index >= 15 is 0 Å². The molecule has 2 N–H and O–H groups in total. The summed E-state index contributed by atoms with van der Waals surface area (Å²) >= 11 is 0. The van der Waals surface area contributed by atoms with Gasteiger partial charge in [-0.15, -0.1) is 0 Å². The van der Waals surface area contributed by atoms with Crippen LogP contribution in [0.3, 0.4) is 0 Å². The second-order valence-corrected chi connectivity index (χ2v) is 7.40. The molecule has 3 rings (SSSR count). The van der Waals surface area contributed by atoms with Crippen LogP contribution in [0.5, 0.6) is 0 Å². The third-order valence-corrected chi connectivity index (χ3v) is 5.44. The van der Waals surface area contributed by atoms with Crippen molar-refractivity contribution in [1.29, 1.82) is 0 Å². The molecule has 0 saturated carbocycles. The van der Waals surface area contributed by atoms with E-state index in [1.54, 1.807) is 0 Å². The van der Waals surface area contributed by atoms with Crippen LogP contribution in [-0.4, -0.2) is 71.4 Å². The van der Waals surface area contributed by atoms with Gasteiger partial charge in [0, 0.05) is 26.1 Å². The predicted molar refractivity (Wildman–Crippen MR) is 97.9 cm³/mol. The number of aliphatic hydroxyl groups is 2. The number of hydrogen-bond donors (Lipinski definition) is 2. The molecule has 0 radical (unpaired) electrons. The van der Waals surface area contributed by atoms with Gasteiger partial charge in [0.25, 0.3) is 0 Å². The van der Waals surface area contributed by atoms with Gasteiger partial charge in [-0.2, -0.15) is 0 Å². The largest absolute Gasteiger partial charge is 0.394 e. The number of carbonyl (C=O) groups excluding carboxylic acids is 1. The number of hydrogen-bond acceptors (Lipinski definition) is 4. The third kappa shape index (κ3) is 4.69. The van der Waals surface area contributed by atoms with E-state index in [1.807, 2.05) is 23.1 Å². The minimum absolute atomic E-state index is 0.0956. The third-order valence-electron chi connectivity index (χ3n) is 5.44. The van der Waals surface area contributed by atoms with Gasteiger partial charge >= 0.3 is 0 Å². The average molecular weight is 344 g/mol. The van der Waals surface area contributed by atoms with Gasteiger partial charge in [0.2, 0.25) is 5.91 Å². The maximum absolute atomic E-state index is 12.4. The summed E-state index contributed by atoms with van der Waals surface area (Å²) in [4.78, 5) is 16.6. The summed E-state index contributed by atoms with van der Waals surface area (Å²) < 4.78 is 0. The van der Waals surface area contributed by atoms with Crippen LogP contribution in [0.4, 0.5) is 0 Å². The fraction of sp³-hybridized carbons (Fsp3) is 0.550. The number of piperidine rings is 1. The van der Waals surface area contributed by atoms with Crippen molar-refractivity contribution in [3.8, 4) is 0 Å². The van der Waals surface area contributed by atoms with Crippen molar-refractivity contribution in [1.82, 2.24) is 9.80 Å². The zero-order valence-electron chi connectivity index (χ0n) is 14.7. The minimum Gasteiger partial charge on any atom is -0.394 e. The van der Waals surface area contributed by atoms with Crippen LogP contribution in [0.2, 0.25) is 0 Å². The molecule has 0 unspecified atom stereocenters. The van der Waals surface area contributed by atoms with Crippen LogP contribution in [-0.2, 0) is 4.79 Å². The van der Waals surface area contributed by atoms with Gasteiger partial charge in [-0.05, 0) is 36.9 Å². The second kappa shape index (κ2) is 8.13. The molecule has 0 aromatic heterocycles. The molecular weight excluding hydrogens is 316 g/mol. The first-order valence-electron chi connectivity index (χ1n) is 9.11. The zero-order chi connectivity index (χ0) is 17.7. The molecule has 2 aliphatic rings. The number of likely N-dealkylation sites (tertiary alicyclic amines) is 2. The lowest BCUT2D eigenvalue weighted by molar-refractivity contribution is -0.127. The van der Waals surface area contributed by atoms with E-state index in [2.05, 4.69) is 29.2 Å². The Bertz CT molecular complexity index is 594. The molecule has 5 nitrogen and oxygen atoms in total. The van der Waals surface area contributed by atoms with E-state index in [-0.39, 0.29) is 17.9 Å². The van der Waals surface area contributed by atoms with Gasteiger partial charge in [-0.3, -0.25) is 4.79 Å². The van der Waals surface area contributed by atoms with Crippen molar-refractivity contribution in [3.05, 3.63) is 42.0 Å². The molecule has 1 amide bonds. The Labute approximate surface area is 149 Å². The molecule has 1 spiro atoms. The smallest absolute Gasteiger partial charge is 0.223 e. The second-order valence-electron chi connectivity index (χ2n) is 7.40. The van der Waals surface area contributed by atoms with Gasteiger partial charge in [0.15, 0.2) is 0 Å². The topological polar surface area (TPSA) is 64.0 Å². The molecule has 2 saturated heterocycles. The van der Waals surface area contributed by atoms with Crippen LogP contribution in [0.25, 0.3) is 6.08 Å². The van der Waals surface area contributed by atoms with Crippen LogP contribution >= 0.6 is 0 Å². The van der Waals surface area contributed by atoms with Crippen LogP contribution in [0, 0.1) is 5.41 Å². The lowest BCUT2D eigenvalue weighted by Crippen LogP contribution is -2.44. The first-order chi connectivity index (χ1) is 12.1. The number of rotatable bonds is 6. The van der Waals surface area contributed by atoms with E-state index in [1.165, 1.54) is 0 Å². The van der Waals surface area contributed by atoms with Crippen molar-refractivity contribution in [2.24, 2.45) is 5.41 Å². The molecule has 5 heteroatoms. The minimum atomic E-state index is -0.668. The number of aliphatic hydroxyl groups excluding tert-OH is 2. The van der Waals surface area contributed by atoms with Crippen molar-refractivity contribution < 1.29 is 15.0 Å². The van der Waals surface area contributed by atoms with Gasteiger partial charge in [-0.25, -0.2) is 0 Å². The SMILES string of the molecule is O=C1CC2(CCN(C[C@H](O)CO)CC2)CN1C/C=C/c1ccccc1. The van der Waals surface area contributed by atoms with E-state index in [0.29, 0.717) is 19.5 Å². The number of benzene rings is 1. The molecule has 25 heavy (non-hydrogen) atoms. The Hall–Kier alpha value is -1.69. The van der Waals surface area contributed by atoms with E-state index in [4.69, 9.17) is 5.11 Å². The van der Waals surface area contributed by atoms with Crippen molar-refractivity contribution >= 4 is 12.0 Å². The molecule has 0 bridgehead atoms. The summed E-state index contributed by atoms with van der Waals surface area (Å²) in [6.45, 7) is 3.60. The molecule has 136 valence electrons. The molecule has 1 atom stereocenters. The normalized spacial score (nSPS) is 22.2. The number of β-amino-alcohol motifs (C(OH)–C–C–N with tert-alkyl or cyclic N) is 1. The first kappa shape index (κ1) is 18.1. The highest BCUT2D eigenvalue weighted by molar-refractivity contribution is 5.79. The fourth-order valence-corrected chi connectivity index (χ4v) is 3.93. The molecule has 2 fully saturated rings. The fourth-order valence-electron chi connectivity index (χ4n) is 3.93. The Balaban J connectivity index is 1.50. The van der Waals surface area contributed by atoms with Crippen molar-refractivity contribution in [2.75, 3.05) is 39.3 Å².